The van der Waals surface area contributed by atoms with Gasteiger partial charge >= 0.3 is 0 Å². The van der Waals surface area contributed by atoms with Crippen molar-refractivity contribution in [3.8, 4) is 0 Å². The number of rotatable bonds is 1. The Bertz CT molecular complexity index is 452. The molecule has 0 bridgehead atoms. The third-order valence-corrected chi connectivity index (χ3v) is 3.25. The fourth-order valence-corrected chi connectivity index (χ4v) is 2.42. The number of hydrogen-bond donors (Lipinski definition) is 1. The van der Waals surface area contributed by atoms with Crippen LogP contribution in [0, 0.1) is 5.82 Å². The Morgan fingerprint density at radius 1 is 1.47 bits per heavy atom. The van der Waals surface area contributed by atoms with Crippen LogP contribution in [0.3, 0.4) is 0 Å². The zero-order valence-electron chi connectivity index (χ0n) is 9.23. The number of amides is 1. The molecule has 2 fully saturated rings. The topological polar surface area (TPSA) is 41.6 Å². The molecule has 2 atom stereocenters. The molecule has 0 aliphatic carbocycles. The number of halogens is 1. The van der Waals surface area contributed by atoms with Crippen LogP contribution in [0.15, 0.2) is 24.3 Å². The highest BCUT2D eigenvalue weighted by Gasteiger charge is 2.42. The van der Waals surface area contributed by atoms with Gasteiger partial charge in [0.25, 0.3) is 0 Å². The quantitative estimate of drug-likeness (QED) is 0.778. The lowest BCUT2D eigenvalue weighted by Crippen LogP contribution is -2.44. The van der Waals surface area contributed by atoms with Crippen molar-refractivity contribution in [3.63, 3.8) is 0 Å². The normalized spacial score (nSPS) is 28.9. The summed E-state index contributed by atoms with van der Waals surface area (Å²) in [6.07, 6.45) is -0.230. The SMILES string of the molecule is O=C1N[C@H](c2cccc(F)c2)N2CCOC[C@@H]12. The van der Waals surface area contributed by atoms with Gasteiger partial charge in [0, 0.05) is 6.54 Å². The maximum atomic E-state index is 13.2. The van der Waals surface area contributed by atoms with Crippen molar-refractivity contribution >= 4 is 5.91 Å². The first kappa shape index (κ1) is 10.7. The Morgan fingerprint density at radius 2 is 2.35 bits per heavy atom. The molecule has 1 N–H and O–H groups in total. The summed E-state index contributed by atoms with van der Waals surface area (Å²) in [7, 11) is 0. The van der Waals surface area contributed by atoms with Crippen LogP contribution < -0.4 is 5.32 Å². The molecule has 0 unspecified atom stereocenters. The van der Waals surface area contributed by atoms with Gasteiger partial charge in [0.05, 0.1) is 13.2 Å². The van der Waals surface area contributed by atoms with Gasteiger partial charge in [0.2, 0.25) is 5.91 Å². The molecular weight excluding hydrogens is 223 g/mol. The third-order valence-electron chi connectivity index (χ3n) is 3.25. The molecule has 2 saturated heterocycles. The standard InChI is InChI=1S/C12H13FN2O2/c13-9-3-1-2-8(6-9)11-14-12(16)10-7-17-5-4-15(10)11/h1-3,6,10-11H,4-5,7H2,(H,14,16)/t10-,11-/m0/s1. The van der Waals surface area contributed by atoms with Gasteiger partial charge in [-0.3, -0.25) is 9.69 Å². The summed E-state index contributed by atoms with van der Waals surface area (Å²) in [6.45, 7) is 1.71. The van der Waals surface area contributed by atoms with Crippen LogP contribution in [-0.4, -0.2) is 36.6 Å². The molecule has 0 aromatic heterocycles. The molecule has 0 radical (unpaired) electrons. The molecule has 1 aromatic rings. The fourth-order valence-electron chi connectivity index (χ4n) is 2.42. The van der Waals surface area contributed by atoms with Gasteiger partial charge in [-0.15, -0.1) is 0 Å². The lowest BCUT2D eigenvalue weighted by Gasteiger charge is -2.31. The molecule has 90 valence electrons. The summed E-state index contributed by atoms with van der Waals surface area (Å²) in [5.41, 5.74) is 0.780. The molecule has 17 heavy (non-hydrogen) atoms. The zero-order chi connectivity index (χ0) is 11.8. The Labute approximate surface area is 98.4 Å². The van der Waals surface area contributed by atoms with Crippen molar-refractivity contribution in [1.82, 2.24) is 10.2 Å². The van der Waals surface area contributed by atoms with E-state index in [0.717, 1.165) is 5.56 Å². The maximum Gasteiger partial charge on any atom is 0.241 e. The maximum absolute atomic E-state index is 13.2. The number of fused-ring (bicyclic) bond motifs is 1. The van der Waals surface area contributed by atoms with E-state index in [0.29, 0.717) is 19.8 Å². The van der Waals surface area contributed by atoms with Crippen LogP contribution in [0.2, 0.25) is 0 Å². The average Bonchev–Trinajstić information content (AvgIpc) is 2.68. The molecule has 5 heteroatoms. The first-order valence-corrected chi connectivity index (χ1v) is 5.65. The summed E-state index contributed by atoms with van der Waals surface area (Å²) in [4.78, 5) is 13.8. The predicted octanol–water partition coefficient (Wildman–Crippen LogP) is 0.655. The lowest BCUT2D eigenvalue weighted by atomic mass is 10.1. The second kappa shape index (κ2) is 4.09. The molecule has 3 rings (SSSR count). The largest absolute Gasteiger partial charge is 0.378 e. The first-order valence-electron chi connectivity index (χ1n) is 5.65. The van der Waals surface area contributed by atoms with Gasteiger partial charge < -0.3 is 10.1 Å². The van der Waals surface area contributed by atoms with Crippen LogP contribution in [-0.2, 0) is 9.53 Å². The minimum atomic E-state index is -0.284. The number of nitrogens with zero attached hydrogens (tertiary/aromatic N) is 1. The van der Waals surface area contributed by atoms with E-state index >= 15 is 0 Å². The number of carbonyl (C=O) groups is 1. The van der Waals surface area contributed by atoms with E-state index in [4.69, 9.17) is 4.74 Å². The Hall–Kier alpha value is -1.46. The first-order chi connectivity index (χ1) is 8.25. The van der Waals surface area contributed by atoms with E-state index < -0.39 is 0 Å². The van der Waals surface area contributed by atoms with E-state index in [9.17, 15) is 9.18 Å². The zero-order valence-corrected chi connectivity index (χ0v) is 9.23. The highest BCUT2D eigenvalue weighted by molar-refractivity contribution is 5.84. The average molecular weight is 236 g/mol. The number of nitrogens with one attached hydrogen (secondary N) is 1. The van der Waals surface area contributed by atoms with Crippen molar-refractivity contribution < 1.29 is 13.9 Å². The molecule has 2 heterocycles. The number of morpholine rings is 1. The molecule has 0 spiro atoms. The van der Waals surface area contributed by atoms with Crippen LogP contribution in [0.5, 0.6) is 0 Å². The van der Waals surface area contributed by atoms with E-state index in [1.807, 2.05) is 11.0 Å². The van der Waals surface area contributed by atoms with Crippen LogP contribution in [0.25, 0.3) is 0 Å². The molecule has 0 saturated carbocycles. The molecule has 1 amide bonds. The van der Waals surface area contributed by atoms with Crippen LogP contribution in [0.4, 0.5) is 4.39 Å². The monoisotopic (exact) mass is 236 g/mol. The summed E-state index contributed by atoms with van der Waals surface area (Å²) in [6, 6.07) is 6.10. The van der Waals surface area contributed by atoms with Gasteiger partial charge in [0.15, 0.2) is 0 Å². The number of benzene rings is 1. The van der Waals surface area contributed by atoms with Crippen molar-refractivity contribution in [2.75, 3.05) is 19.8 Å². The van der Waals surface area contributed by atoms with Gasteiger partial charge in [-0.05, 0) is 17.7 Å². The van der Waals surface area contributed by atoms with E-state index in [1.54, 1.807) is 6.07 Å². The van der Waals surface area contributed by atoms with Crippen molar-refractivity contribution in [3.05, 3.63) is 35.6 Å². The molecule has 4 nitrogen and oxygen atoms in total. The third kappa shape index (κ3) is 1.81. The molecule has 2 aliphatic rings. The highest BCUT2D eigenvalue weighted by Crippen LogP contribution is 2.28. The second-order valence-electron chi connectivity index (χ2n) is 4.29. The summed E-state index contributed by atoms with van der Waals surface area (Å²) >= 11 is 0. The minimum Gasteiger partial charge on any atom is -0.378 e. The van der Waals surface area contributed by atoms with Gasteiger partial charge in [-0.1, -0.05) is 12.1 Å². The van der Waals surface area contributed by atoms with E-state index in [2.05, 4.69) is 5.32 Å². The number of carbonyl (C=O) groups excluding carboxylic acids is 1. The molecule has 2 aliphatic heterocycles. The highest BCUT2D eigenvalue weighted by atomic mass is 19.1. The van der Waals surface area contributed by atoms with Gasteiger partial charge in [0.1, 0.15) is 18.0 Å². The van der Waals surface area contributed by atoms with Crippen LogP contribution >= 0.6 is 0 Å². The Morgan fingerprint density at radius 3 is 3.18 bits per heavy atom. The van der Waals surface area contributed by atoms with E-state index in [1.165, 1.54) is 12.1 Å². The number of ether oxygens (including phenoxy) is 1. The summed E-state index contributed by atoms with van der Waals surface area (Å²) < 4.78 is 18.5. The van der Waals surface area contributed by atoms with Crippen molar-refractivity contribution in [2.24, 2.45) is 0 Å². The van der Waals surface area contributed by atoms with Crippen LogP contribution in [0.1, 0.15) is 11.7 Å². The van der Waals surface area contributed by atoms with Gasteiger partial charge in [-0.2, -0.15) is 0 Å². The van der Waals surface area contributed by atoms with Gasteiger partial charge in [-0.25, -0.2) is 4.39 Å². The Balaban J connectivity index is 1.91. The molecule has 1 aromatic carbocycles. The number of hydrogen-bond acceptors (Lipinski definition) is 3. The lowest BCUT2D eigenvalue weighted by molar-refractivity contribution is -0.125. The predicted molar refractivity (Wildman–Crippen MR) is 58.6 cm³/mol. The van der Waals surface area contributed by atoms with Crippen molar-refractivity contribution in [2.45, 2.75) is 12.2 Å². The summed E-state index contributed by atoms with van der Waals surface area (Å²) in [5.74, 6) is -0.326. The minimum absolute atomic E-state index is 0.0426. The molecular formula is C12H13FN2O2. The van der Waals surface area contributed by atoms with Crippen molar-refractivity contribution in [1.29, 1.82) is 0 Å². The smallest absolute Gasteiger partial charge is 0.241 e. The Kier molecular flexibility index (Phi) is 2.57. The second-order valence-corrected chi connectivity index (χ2v) is 4.29. The fraction of sp³-hybridized carbons (Fsp3) is 0.417. The summed E-state index contributed by atoms with van der Waals surface area (Å²) in [5, 5.41) is 2.88. The van der Waals surface area contributed by atoms with E-state index in [-0.39, 0.29) is 23.9 Å².